The molecule has 1 rings (SSSR count). The molecule has 0 aromatic heterocycles. The number of ether oxygens (including phenoxy) is 2. The molecule has 0 N–H and O–H groups in total. The molecule has 0 spiro atoms. The SMILES string of the molecule is CCOC(=O)[C@@H]1S[C@@H](O[Si](C)(C)C(C)(C)C)C(O[Si](C)(C)C(C)(C)C)=C[C@H]1C(=O)OC. The number of esters is 2. The monoisotopic (exact) mass is 490 g/mol. The van der Waals surface area contributed by atoms with Gasteiger partial charge in [0.25, 0.3) is 0 Å². The summed E-state index contributed by atoms with van der Waals surface area (Å²) in [5, 5.41) is -0.790. The summed E-state index contributed by atoms with van der Waals surface area (Å²) < 4.78 is 23.6. The molecule has 6 nitrogen and oxygen atoms in total. The molecule has 1 heterocycles. The van der Waals surface area contributed by atoms with Crippen LogP contribution in [0.5, 0.6) is 0 Å². The standard InChI is InChI=1S/C22H42O6SSi2/c1-13-26-19(24)17-15(18(23)25-8)14-16(27-30(9,10)21(2,3)4)20(29-17)28-31(11,12)22(5,6)7/h14-15,17,20H,13H2,1-12H3/t15-,17-,20-/m1/s1. The molecule has 0 saturated heterocycles. The minimum atomic E-state index is -2.21. The van der Waals surface area contributed by atoms with Crippen LogP contribution in [-0.4, -0.2) is 53.0 Å². The Balaban J connectivity index is 3.50. The Kier molecular flexibility index (Phi) is 9.12. The highest BCUT2D eigenvalue weighted by Crippen LogP contribution is 2.47. The minimum Gasteiger partial charge on any atom is -0.544 e. The average molecular weight is 491 g/mol. The lowest BCUT2D eigenvalue weighted by atomic mass is 10.0. The second kappa shape index (κ2) is 10.0. The van der Waals surface area contributed by atoms with Crippen LogP contribution in [0.25, 0.3) is 0 Å². The van der Waals surface area contributed by atoms with E-state index in [2.05, 4.69) is 67.7 Å². The van der Waals surface area contributed by atoms with Gasteiger partial charge in [0.2, 0.25) is 8.32 Å². The number of methoxy groups -OCH3 is 1. The van der Waals surface area contributed by atoms with E-state index in [1.807, 2.05) is 0 Å². The van der Waals surface area contributed by atoms with E-state index in [1.54, 1.807) is 13.0 Å². The summed E-state index contributed by atoms with van der Waals surface area (Å²) in [5.74, 6) is -1.08. The molecule has 0 aromatic carbocycles. The van der Waals surface area contributed by atoms with Gasteiger partial charge in [0.15, 0.2) is 8.32 Å². The molecule has 0 amide bonds. The van der Waals surface area contributed by atoms with Gasteiger partial charge in [-0.2, -0.15) is 0 Å². The molecule has 0 radical (unpaired) electrons. The number of hydrogen-bond donors (Lipinski definition) is 0. The Bertz CT molecular complexity index is 691. The summed E-state index contributed by atoms with van der Waals surface area (Å²) in [4.78, 5) is 25.3. The van der Waals surface area contributed by atoms with Crippen LogP contribution < -0.4 is 0 Å². The van der Waals surface area contributed by atoms with E-state index in [-0.39, 0.29) is 16.7 Å². The van der Waals surface area contributed by atoms with Gasteiger partial charge in [-0.05, 0) is 49.3 Å². The van der Waals surface area contributed by atoms with E-state index < -0.39 is 45.2 Å². The number of carbonyl (C=O) groups is 2. The summed E-state index contributed by atoms with van der Waals surface area (Å²) in [7, 11) is -3.07. The van der Waals surface area contributed by atoms with Gasteiger partial charge in [0, 0.05) is 0 Å². The average Bonchev–Trinajstić information content (AvgIpc) is 2.59. The number of rotatable bonds is 7. The molecule has 3 atom stereocenters. The maximum atomic E-state index is 12.7. The van der Waals surface area contributed by atoms with Crippen LogP contribution in [0.3, 0.4) is 0 Å². The molecule has 0 aliphatic carbocycles. The van der Waals surface area contributed by atoms with Crippen LogP contribution in [0.15, 0.2) is 11.8 Å². The first-order valence-electron chi connectivity index (χ1n) is 10.9. The molecule has 1 aliphatic rings. The van der Waals surface area contributed by atoms with Crippen LogP contribution in [0.2, 0.25) is 36.3 Å². The van der Waals surface area contributed by atoms with Gasteiger partial charge < -0.3 is 18.3 Å². The molecular formula is C22H42O6SSi2. The molecule has 9 heteroatoms. The molecule has 0 saturated carbocycles. The van der Waals surface area contributed by atoms with Crippen molar-refractivity contribution in [2.45, 2.75) is 95.4 Å². The Morgan fingerprint density at radius 2 is 1.48 bits per heavy atom. The van der Waals surface area contributed by atoms with Gasteiger partial charge >= 0.3 is 11.9 Å². The van der Waals surface area contributed by atoms with Crippen LogP contribution >= 0.6 is 11.8 Å². The Hall–Kier alpha value is -0.776. The first-order chi connectivity index (χ1) is 13.9. The summed E-state index contributed by atoms with van der Waals surface area (Å²) in [5.41, 5.74) is -0.481. The highest BCUT2D eigenvalue weighted by atomic mass is 32.2. The lowest BCUT2D eigenvalue weighted by Crippen LogP contribution is -2.49. The predicted molar refractivity (Wildman–Crippen MR) is 132 cm³/mol. The smallest absolute Gasteiger partial charge is 0.320 e. The molecule has 1 aliphatic heterocycles. The fraction of sp³-hybridized carbons (Fsp3) is 0.818. The first-order valence-corrected chi connectivity index (χ1v) is 17.6. The second-order valence-corrected chi connectivity index (χ2v) is 21.7. The van der Waals surface area contributed by atoms with E-state index in [9.17, 15) is 9.59 Å². The quantitative estimate of drug-likeness (QED) is 0.334. The zero-order chi connectivity index (χ0) is 24.4. The number of hydrogen-bond acceptors (Lipinski definition) is 7. The van der Waals surface area contributed by atoms with Crippen molar-refractivity contribution in [3.05, 3.63) is 11.8 Å². The van der Waals surface area contributed by atoms with Crippen molar-refractivity contribution < 1.29 is 27.9 Å². The Morgan fingerprint density at radius 1 is 0.968 bits per heavy atom. The zero-order valence-electron chi connectivity index (χ0n) is 21.4. The van der Waals surface area contributed by atoms with Crippen molar-refractivity contribution in [1.29, 1.82) is 0 Å². The van der Waals surface area contributed by atoms with Crippen LogP contribution in [0, 0.1) is 5.92 Å². The number of carbonyl (C=O) groups excluding carboxylic acids is 2. The Morgan fingerprint density at radius 3 is 1.90 bits per heavy atom. The molecule has 31 heavy (non-hydrogen) atoms. The van der Waals surface area contributed by atoms with Crippen LogP contribution in [-0.2, 0) is 27.9 Å². The largest absolute Gasteiger partial charge is 0.544 e. The van der Waals surface area contributed by atoms with Crippen LogP contribution in [0.1, 0.15) is 48.5 Å². The summed E-state index contributed by atoms with van der Waals surface area (Å²) in [6.07, 6.45) is 1.74. The van der Waals surface area contributed by atoms with E-state index in [0.29, 0.717) is 5.76 Å². The molecule has 180 valence electrons. The predicted octanol–water partition coefficient (Wildman–Crippen LogP) is 5.71. The van der Waals surface area contributed by atoms with Crippen molar-refractivity contribution in [1.82, 2.24) is 0 Å². The fourth-order valence-corrected chi connectivity index (χ4v) is 6.61. The number of thioether (sulfide) groups is 1. The van der Waals surface area contributed by atoms with Gasteiger partial charge in [-0.1, -0.05) is 41.5 Å². The van der Waals surface area contributed by atoms with E-state index in [4.69, 9.17) is 18.3 Å². The van der Waals surface area contributed by atoms with Gasteiger partial charge in [0.05, 0.1) is 13.7 Å². The van der Waals surface area contributed by atoms with Crippen molar-refractivity contribution in [2.75, 3.05) is 13.7 Å². The van der Waals surface area contributed by atoms with Crippen molar-refractivity contribution in [3.63, 3.8) is 0 Å². The molecule has 0 unspecified atom stereocenters. The van der Waals surface area contributed by atoms with Crippen molar-refractivity contribution >= 4 is 40.3 Å². The van der Waals surface area contributed by atoms with E-state index in [0.717, 1.165) is 0 Å². The van der Waals surface area contributed by atoms with Crippen molar-refractivity contribution in [3.8, 4) is 0 Å². The van der Waals surface area contributed by atoms with Gasteiger partial charge in [0.1, 0.15) is 22.4 Å². The summed E-state index contributed by atoms with van der Waals surface area (Å²) in [6, 6.07) is 0. The normalized spacial score (nSPS) is 23.1. The summed E-state index contributed by atoms with van der Waals surface area (Å²) >= 11 is 1.30. The highest BCUT2D eigenvalue weighted by molar-refractivity contribution is 8.01. The van der Waals surface area contributed by atoms with Gasteiger partial charge in [-0.3, -0.25) is 9.59 Å². The molecule has 0 bridgehead atoms. The Labute approximate surface area is 195 Å². The topological polar surface area (TPSA) is 71.1 Å². The molecule has 0 aromatic rings. The van der Waals surface area contributed by atoms with Gasteiger partial charge in [-0.25, -0.2) is 0 Å². The highest BCUT2D eigenvalue weighted by Gasteiger charge is 2.49. The molecule has 0 fully saturated rings. The maximum absolute atomic E-state index is 12.7. The minimum absolute atomic E-state index is 0.0196. The third-order valence-corrected chi connectivity index (χ3v) is 16.9. The second-order valence-electron chi connectivity index (χ2n) is 11.0. The maximum Gasteiger partial charge on any atom is 0.320 e. The lowest BCUT2D eigenvalue weighted by Gasteiger charge is -2.45. The van der Waals surface area contributed by atoms with Crippen molar-refractivity contribution in [2.24, 2.45) is 5.92 Å². The first kappa shape index (κ1) is 28.3. The lowest BCUT2D eigenvalue weighted by molar-refractivity contribution is -0.151. The van der Waals surface area contributed by atoms with E-state index >= 15 is 0 Å². The van der Waals surface area contributed by atoms with E-state index in [1.165, 1.54) is 18.9 Å². The van der Waals surface area contributed by atoms with Crippen LogP contribution in [0.4, 0.5) is 0 Å². The van der Waals surface area contributed by atoms with Gasteiger partial charge in [-0.15, -0.1) is 11.8 Å². The summed E-state index contributed by atoms with van der Waals surface area (Å²) in [6.45, 7) is 23.7. The third-order valence-electron chi connectivity index (χ3n) is 6.55. The fourth-order valence-electron chi connectivity index (χ4n) is 2.44. The zero-order valence-corrected chi connectivity index (χ0v) is 24.2. The molecular weight excluding hydrogens is 448 g/mol. The third kappa shape index (κ3) is 6.85.